The Bertz CT molecular complexity index is 1280. The summed E-state index contributed by atoms with van der Waals surface area (Å²) < 4.78 is 8.06. The molecule has 0 radical (unpaired) electrons. The third-order valence-corrected chi connectivity index (χ3v) is 7.58. The van der Waals surface area contributed by atoms with Crippen molar-refractivity contribution < 1.29 is 14.3 Å². The molecule has 0 spiro atoms. The Kier molecular flexibility index (Phi) is 5.88. The van der Waals surface area contributed by atoms with Gasteiger partial charge in [-0.2, -0.15) is 5.10 Å². The van der Waals surface area contributed by atoms with Crippen molar-refractivity contribution >= 4 is 46.3 Å². The van der Waals surface area contributed by atoms with Crippen LogP contribution in [0.25, 0.3) is 16.7 Å². The van der Waals surface area contributed by atoms with E-state index in [0.29, 0.717) is 52.9 Å². The first-order valence-corrected chi connectivity index (χ1v) is 12.1. The lowest BCUT2D eigenvalue weighted by molar-refractivity contribution is -0.149. The third kappa shape index (κ3) is 4.02. The van der Waals surface area contributed by atoms with Crippen LogP contribution in [-0.2, 0) is 14.3 Å². The number of thioether (sulfide) groups is 1. The lowest BCUT2D eigenvalue weighted by atomic mass is 9.96. The second-order valence-electron chi connectivity index (χ2n) is 8.19. The number of halogens is 1. The number of rotatable bonds is 4. The first-order chi connectivity index (χ1) is 16.0. The van der Waals surface area contributed by atoms with Crippen LogP contribution in [0.15, 0.2) is 40.4 Å². The van der Waals surface area contributed by atoms with E-state index >= 15 is 0 Å². The maximum atomic E-state index is 13.3. The highest BCUT2D eigenvalue weighted by molar-refractivity contribution is 7.99. The molecule has 172 valence electrons. The van der Waals surface area contributed by atoms with Gasteiger partial charge in [-0.15, -0.1) is 0 Å². The molecule has 1 amide bonds. The molecule has 1 unspecified atom stereocenters. The molecule has 0 bridgehead atoms. The Hall–Kier alpha value is -2.85. The maximum Gasteiger partial charge on any atom is 0.308 e. The van der Waals surface area contributed by atoms with E-state index in [1.807, 2.05) is 12.1 Å². The van der Waals surface area contributed by atoms with Gasteiger partial charge in [0.2, 0.25) is 5.91 Å². The number of aromatic nitrogens is 4. The van der Waals surface area contributed by atoms with Crippen molar-refractivity contribution in [1.29, 1.82) is 0 Å². The van der Waals surface area contributed by atoms with E-state index in [2.05, 4.69) is 5.10 Å². The number of esters is 1. The van der Waals surface area contributed by atoms with Crippen molar-refractivity contribution in [1.82, 2.24) is 24.2 Å². The predicted octanol–water partition coefficient (Wildman–Crippen LogP) is 2.68. The fourth-order valence-corrected chi connectivity index (χ4v) is 5.67. The van der Waals surface area contributed by atoms with Gasteiger partial charge in [0.05, 0.1) is 31.0 Å². The molecule has 5 rings (SSSR count). The summed E-state index contributed by atoms with van der Waals surface area (Å²) in [6, 6.07) is 6.89. The van der Waals surface area contributed by atoms with Gasteiger partial charge in [-0.3, -0.25) is 19.0 Å². The molecule has 1 fully saturated rings. The average molecular weight is 488 g/mol. The summed E-state index contributed by atoms with van der Waals surface area (Å²) in [4.78, 5) is 44.4. The van der Waals surface area contributed by atoms with Gasteiger partial charge in [0.1, 0.15) is 5.39 Å². The van der Waals surface area contributed by atoms with Crippen molar-refractivity contribution in [3.63, 3.8) is 0 Å². The number of hydrogen-bond donors (Lipinski definition) is 0. The van der Waals surface area contributed by atoms with Gasteiger partial charge in [0.15, 0.2) is 10.8 Å². The number of fused-ring (bicyclic) bond motifs is 2. The van der Waals surface area contributed by atoms with Crippen LogP contribution in [0.2, 0.25) is 5.02 Å². The van der Waals surface area contributed by atoms with Gasteiger partial charge in [-0.05, 0) is 37.1 Å². The molecule has 33 heavy (non-hydrogen) atoms. The Morgan fingerprint density at radius 1 is 1.21 bits per heavy atom. The summed E-state index contributed by atoms with van der Waals surface area (Å²) in [5, 5.41) is 5.97. The van der Waals surface area contributed by atoms with E-state index in [-0.39, 0.29) is 35.8 Å². The highest BCUT2D eigenvalue weighted by Crippen LogP contribution is 2.34. The van der Waals surface area contributed by atoms with Crippen molar-refractivity contribution in [3.8, 4) is 5.69 Å². The second kappa shape index (κ2) is 8.83. The van der Waals surface area contributed by atoms with Crippen molar-refractivity contribution in [2.24, 2.45) is 5.92 Å². The molecule has 2 aliphatic rings. The summed E-state index contributed by atoms with van der Waals surface area (Å²) in [5.41, 5.74) is 1.05. The Balaban J connectivity index is 1.36. The summed E-state index contributed by atoms with van der Waals surface area (Å²) in [6.07, 6.45) is 2.94. The number of ether oxygens (including phenoxy) is 1. The highest BCUT2D eigenvalue weighted by atomic mass is 35.5. The number of methoxy groups -OCH3 is 1. The Morgan fingerprint density at radius 3 is 2.64 bits per heavy atom. The number of amides is 1. The Labute approximate surface area is 198 Å². The second-order valence-corrected chi connectivity index (χ2v) is 9.61. The third-order valence-electron chi connectivity index (χ3n) is 6.23. The number of carbonyl (C=O) groups excluding carboxylic acids is 2. The van der Waals surface area contributed by atoms with Crippen LogP contribution in [0.3, 0.4) is 0 Å². The monoisotopic (exact) mass is 487 g/mol. The van der Waals surface area contributed by atoms with Crippen LogP contribution >= 0.6 is 23.4 Å². The molecule has 1 atom stereocenters. The number of likely N-dealkylation sites (tertiary alicyclic amines) is 1. The molecule has 2 aromatic heterocycles. The molecular formula is C22H22ClN5O4S. The summed E-state index contributed by atoms with van der Waals surface area (Å²) in [6.45, 7) is 1.04. The number of nitrogens with zero attached hydrogens (tertiary/aromatic N) is 5. The van der Waals surface area contributed by atoms with Crippen molar-refractivity contribution in [2.45, 2.75) is 30.5 Å². The number of hydrogen-bond acceptors (Lipinski definition) is 7. The molecule has 9 nitrogen and oxygen atoms in total. The van der Waals surface area contributed by atoms with Gasteiger partial charge >= 0.3 is 5.97 Å². The van der Waals surface area contributed by atoms with E-state index in [9.17, 15) is 14.4 Å². The van der Waals surface area contributed by atoms with Gasteiger partial charge < -0.3 is 9.64 Å². The van der Waals surface area contributed by atoms with E-state index in [1.165, 1.54) is 25.1 Å². The van der Waals surface area contributed by atoms with Crippen LogP contribution < -0.4 is 5.56 Å². The van der Waals surface area contributed by atoms with E-state index in [0.717, 1.165) is 5.69 Å². The minimum absolute atomic E-state index is 0.0133. The quantitative estimate of drug-likeness (QED) is 0.412. The summed E-state index contributed by atoms with van der Waals surface area (Å²) >= 11 is 7.45. The van der Waals surface area contributed by atoms with Gasteiger partial charge in [-0.25, -0.2) is 9.67 Å². The van der Waals surface area contributed by atoms with Crippen LogP contribution in [-0.4, -0.2) is 62.1 Å². The lowest BCUT2D eigenvalue weighted by Gasteiger charge is -2.31. The van der Waals surface area contributed by atoms with Gasteiger partial charge in [0.25, 0.3) is 5.56 Å². The maximum absolute atomic E-state index is 13.3. The summed E-state index contributed by atoms with van der Waals surface area (Å²) in [7, 11) is 1.39. The Morgan fingerprint density at radius 2 is 1.94 bits per heavy atom. The molecule has 2 aliphatic heterocycles. The largest absolute Gasteiger partial charge is 0.469 e. The van der Waals surface area contributed by atoms with E-state index in [1.54, 1.807) is 26.3 Å². The molecule has 0 saturated carbocycles. The SMILES string of the molecule is COC(=O)C1CCN(C(=O)CC2CSc3nc4c(cnn4-c4ccc(Cl)cc4)c(=O)n32)CC1. The topological polar surface area (TPSA) is 99.3 Å². The zero-order valence-electron chi connectivity index (χ0n) is 17.9. The molecule has 1 saturated heterocycles. The zero-order chi connectivity index (χ0) is 23.1. The number of benzene rings is 1. The standard InChI is InChI=1S/C22H22ClN5O4S/c1-32-21(31)13-6-8-26(9-7-13)18(29)10-16-12-33-22-25-19-17(20(30)27(16)22)11-24-28(19)15-4-2-14(23)3-5-15/h2-5,11,13,16H,6-10,12H2,1H3. The van der Waals surface area contributed by atoms with Crippen LogP contribution in [0.5, 0.6) is 0 Å². The first-order valence-electron chi connectivity index (χ1n) is 10.7. The van der Waals surface area contributed by atoms with Crippen LogP contribution in [0, 0.1) is 5.92 Å². The van der Waals surface area contributed by atoms with Crippen molar-refractivity contribution in [2.75, 3.05) is 26.0 Å². The zero-order valence-corrected chi connectivity index (χ0v) is 19.5. The van der Waals surface area contributed by atoms with Crippen LogP contribution in [0.4, 0.5) is 0 Å². The van der Waals surface area contributed by atoms with E-state index in [4.69, 9.17) is 21.3 Å². The molecule has 11 heteroatoms. The highest BCUT2D eigenvalue weighted by Gasteiger charge is 2.33. The number of carbonyl (C=O) groups is 2. The average Bonchev–Trinajstić information content (AvgIpc) is 3.44. The molecule has 1 aromatic carbocycles. The molecule has 0 aliphatic carbocycles. The molecule has 3 aromatic rings. The smallest absolute Gasteiger partial charge is 0.308 e. The number of piperidine rings is 1. The lowest BCUT2D eigenvalue weighted by Crippen LogP contribution is -2.41. The van der Waals surface area contributed by atoms with Crippen molar-refractivity contribution in [3.05, 3.63) is 45.8 Å². The fraction of sp³-hybridized carbons (Fsp3) is 0.409. The molecule has 0 N–H and O–H groups in total. The first kappa shape index (κ1) is 22.0. The minimum Gasteiger partial charge on any atom is -0.469 e. The van der Waals surface area contributed by atoms with Crippen LogP contribution in [0.1, 0.15) is 25.3 Å². The minimum atomic E-state index is -0.265. The summed E-state index contributed by atoms with van der Waals surface area (Å²) in [5.74, 6) is 0.219. The van der Waals surface area contributed by atoms with E-state index < -0.39 is 0 Å². The normalized spacial score (nSPS) is 18.5. The fourth-order valence-electron chi connectivity index (χ4n) is 4.41. The van der Waals surface area contributed by atoms with Gasteiger partial charge in [-0.1, -0.05) is 23.4 Å². The van der Waals surface area contributed by atoms with Gasteiger partial charge in [0, 0.05) is 30.3 Å². The molecular weight excluding hydrogens is 466 g/mol. The molecule has 4 heterocycles. The predicted molar refractivity (Wildman–Crippen MR) is 124 cm³/mol.